The van der Waals surface area contributed by atoms with Crippen molar-refractivity contribution in [2.75, 3.05) is 25.5 Å². The molecule has 1 unspecified atom stereocenters. The summed E-state index contributed by atoms with van der Waals surface area (Å²) in [5.74, 6) is -0.196. The van der Waals surface area contributed by atoms with Crippen LogP contribution in [0.3, 0.4) is 0 Å². The van der Waals surface area contributed by atoms with Crippen LogP contribution in [0.15, 0.2) is 21.2 Å². The number of fused-ring (bicyclic) bond motifs is 1. The molecule has 33 heavy (non-hydrogen) atoms. The zero-order valence-corrected chi connectivity index (χ0v) is 20.6. The van der Waals surface area contributed by atoms with Crippen LogP contribution in [-0.4, -0.2) is 53.2 Å². The molecule has 2 N–H and O–H groups in total. The molecule has 0 saturated carbocycles. The number of carbonyl (C=O) groups is 2. The first-order chi connectivity index (χ1) is 15.9. The van der Waals surface area contributed by atoms with Gasteiger partial charge in [0.15, 0.2) is 5.16 Å². The Balaban J connectivity index is 1.71. The summed E-state index contributed by atoms with van der Waals surface area (Å²) in [5, 5.41) is 6.55. The van der Waals surface area contributed by atoms with E-state index in [2.05, 4.69) is 10.6 Å². The van der Waals surface area contributed by atoms with Crippen LogP contribution in [-0.2, 0) is 27.2 Å². The predicted octanol–water partition coefficient (Wildman–Crippen LogP) is 2.73. The second kappa shape index (κ2) is 10.3. The fourth-order valence-electron chi connectivity index (χ4n) is 4.13. The van der Waals surface area contributed by atoms with Crippen molar-refractivity contribution in [2.45, 2.75) is 57.8 Å². The molecule has 0 bridgehead atoms. The van der Waals surface area contributed by atoms with E-state index in [1.165, 1.54) is 23.1 Å². The van der Waals surface area contributed by atoms with Crippen LogP contribution in [0, 0.1) is 6.92 Å². The van der Waals surface area contributed by atoms with E-state index in [0.717, 1.165) is 34.5 Å². The molecule has 4 heterocycles. The molecule has 0 aliphatic carbocycles. The van der Waals surface area contributed by atoms with E-state index in [9.17, 15) is 14.4 Å². The van der Waals surface area contributed by atoms with Gasteiger partial charge in [0.05, 0.1) is 36.8 Å². The molecule has 4 rings (SSSR count). The Hall–Kier alpha value is -2.37. The Morgan fingerprint density at radius 3 is 2.88 bits per heavy atom. The van der Waals surface area contributed by atoms with Gasteiger partial charge in [-0.15, -0.1) is 11.3 Å². The second-order valence-electron chi connectivity index (χ2n) is 7.89. The molecule has 0 radical (unpaired) electrons. The number of thiophene rings is 1. The Kier molecular flexibility index (Phi) is 7.40. The fourth-order valence-corrected chi connectivity index (χ4v) is 6.28. The van der Waals surface area contributed by atoms with Gasteiger partial charge in [-0.3, -0.25) is 9.36 Å². The molecule has 2 amide bonds. The zero-order chi connectivity index (χ0) is 23.5. The van der Waals surface area contributed by atoms with E-state index in [1.54, 1.807) is 11.5 Å². The number of thioether (sulfide) groups is 1. The maximum Gasteiger partial charge on any atom is 0.337 e. The summed E-state index contributed by atoms with van der Waals surface area (Å²) in [7, 11) is 0. The van der Waals surface area contributed by atoms with Gasteiger partial charge in [-0.1, -0.05) is 18.7 Å². The minimum atomic E-state index is -0.470. The maximum atomic E-state index is 13.6. The molecule has 0 spiro atoms. The van der Waals surface area contributed by atoms with Crippen molar-refractivity contribution in [3.05, 3.63) is 32.1 Å². The SMILES string of the molecule is CCOC(=O)C1=C(CSc2nc3sc(C)c(CC)c3c(=O)n2CC2CCCO2)NC(=O)NC1. The van der Waals surface area contributed by atoms with Crippen molar-refractivity contribution < 1.29 is 19.1 Å². The van der Waals surface area contributed by atoms with Gasteiger partial charge in [-0.25, -0.2) is 14.6 Å². The minimum absolute atomic E-state index is 0.0287. The van der Waals surface area contributed by atoms with E-state index in [0.29, 0.717) is 35.0 Å². The van der Waals surface area contributed by atoms with Crippen molar-refractivity contribution >= 4 is 45.3 Å². The summed E-state index contributed by atoms with van der Waals surface area (Å²) in [4.78, 5) is 44.5. The highest BCUT2D eigenvalue weighted by molar-refractivity contribution is 7.99. The number of urea groups is 1. The monoisotopic (exact) mass is 492 g/mol. The Morgan fingerprint density at radius 2 is 2.18 bits per heavy atom. The molecule has 2 aromatic heterocycles. The largest absolute Gasteiger partial charge is 0.463 e. The lowest BCUT2D eigenvalue weighted by Crippen LogP contribution is -2.44. The van der Waals surface area contributed by atoms with Gasteiger partial charge < -0.3 is 20.1 Å². The topological polar surface area (TPSA) is 112 Å². The Labute approximate surface area is 199 Å². The van der Waals surface area contributed by atoms with Crippen LogP contribution in [0.2, 0.25) is 0 Å². The van der Waals surface area contributed by atoms with Gasteiger partial charge in [0.2, 0.25) is 0 Å². The highest BCUT2D eigenvalue weighted by atomic mass is 32.2. The van der Waals surface area contributed by atoms with Crippen molar-refractivity contribution in [3.8, 4) is 0 Å². The molecular weight excluding hydrogens is 464 g/mol. The third-order valence-electron chi connectivity index (χ3n) is 5.76. The lowest BCUT2D eigenvalue weighted by molar-refractivity contribution is -0.138. The third-order valence-corrected chi connectivity index (χ3v) is 7.81. The normalized spacial score (nSPS) is 18.5. The molecule has 11 heteroatoms. The average Bonchev–Trinajstić information content (AvgIpc) is 3.41. The average molecular weight is 493 g/mol. The van der Waals surface area contributed by atoms with Crippen LogP contribution >= 0.6 is 23.1 Å². The highest BCUT2D eigenvalue weighted by Crippen LogP contribution is 2.30. The molecule has 178 valence electrons. The van der Waals surface area contributed by atoms with Crippen LogP contribution < -0.4 is 16.2 Å². The van der Waals surface area contributed by atoms with Crippen LogP contribution in [0.25, 0.3) is 10.2 Å². The van der Waals surface area contributed by atoms with Gasteiger partial charge in [0.1, 0.15) is 4.83 Å². The van der Waals surface area contributed by atoms with E-state index in [-0.39, 0.29) is 36.6 Å². The first-order valence-electron chi connectivity index (χ1n) is 11.1. The number of hydrogen-bond acceptors (Lipinski definition) is 8. The number of amides is 2. The van der Waals surface area contributed by atoms with Gasteiger partial charge in [0.25, 0.3) is 5.56 Å². The first-order valence-corrected chi connectivity index (χ1v) is 12.9. The molecule has 1 fully saturated rings. The zero-order valence-electron chi connectivity index (χ0n) is 19.0. The number of rotatable bonds is 8. The van der Waals surface area contributed by atoms with E-state index in [1.807, 2.05) is 13.8 Å². The molecule has 2 aliphatic heterocycles. The molecule has 9 nitrogen and oxygen atoms in total. The van der Waals surface area contributed by atoms with Crippen molar-refractivity contribution in [3.63, 3.8) is 0 Å². The van der Waals surface area contributed by atoms with E-state index >= 15 is 0 Å². The van der Waals surface area contributed by atoms with E-state index in [4.69, 9.17) is 14.5 Å². The number of hydrogen-bond donors (Lipinski definition) is 2. The lowest BCUT2D eigenvalue weighted by Gasteiger charge is -2.21. The van der Waals surface area contributed by atoms with Crippen molar-refractivity contribution in [1.82, 2.24) is 20.2 Å². The van der Waals surface area contributed by atoms with Gasteiger partial charge in [0, 0.05) is 22.9 Å². The van der Waals surface area contributed by atoms with Crippen molar-refractivity contribution in [1.29, 1.82) is 0 Å². The number of nitrogens with one attached hydrogen (secondary N) is 2. The molecule has 1 atom stereocenters. The third kappa shape index (κ3) is 4.95. The Bertz CT molecular complexity index is 1160. The summed E-state index contributed by atoms with van der Waals surface area (Å²) in [5.41, 5.74) is 1.83. The summed E-state index contributed by atoms with van der Waals surface area (Å²) in [6.45, 7) is 7.27. The number of ether oxygens (including phenoxy) is 2. The molecule has 0 aromatic carbocycles. The highest BCUT2D eigenvalue weighted by Gasteiger charge is 2.26. The number of esters is 1. The molecular formula is C22H28N4O5S2. The van der Waals surface area contributed by atoms with Gasteiger partial charge in [-0.05, 0) is 38.7 Å². The molecule has 1 saturated heterocycles. The summed E-state index contributed by atoms with van der Waals surface area (Å²) < 4.78 is 12.6. The van der Waals surface area contributed by atoms with Crippen LogP contribution in [0.1, 0.15) is 37.1 Å². The quantitative estimate of drug-likeness (QED) is 0.331. The Morgan fingerprint density at radius 1 is 1.36 bits per heavy atom. The first kappa shape index (κ1) is 23.8. The standard InChI is InChI=1S/C22H28N4O5S2/c1-4-14-12(3)33-18-17(14)19(27)26(10-13-7-6-8-31-13)22(25-18)32-11-16-15(20(28)30-5-2)9-23-21(29)24-16/h13H,4-11H2,1-3H3,(H2,23,24,29). The van der Waals surface area contributed by atoms with Crippen LogP contribution in [0.5, 0.6) is 0 Å². The minimum Gasteiger partial charge on any atom is -0.463 e. The van der Waals surface area contributed by atoms with Gasteiger partial charge >= 0.3 is 12.0 Å². The molecule has 2 aromatic rings. The van der Waals surface area contributed by atoms with Crippen LogP contribution in [0.4, 0.5) is 4.79 Å². The number of carbonyl (C=O) groups excluding carboxylic acids is 2. The predicted molar refractivity (Wildman–Crippen MR) is 128 cm³/mol. The fraction of sp³-hybridized carbons (Fsp3) is 0.545. The number of aryl methyl sites for hydroxylation is 2. The second-order valence-corrected chi connectivity index (χ2v) is 10.0. The number of nitrogens with zero attached hydrogens (tertiary/aromatic N) is 2. The summed E-state index contributed by atoms with van der Waals surface area (Å²) in [6.07, 6.45) is 2.62. The van der Waals surface area contributed by atoms with Gasteiger partial charge in [-0.2, -0.15) is 0 Å². The van der Waals surface area contributed by atoms with E-state index < -0.39 is 5.97 Å². The van der Waals surface area contributed by atoms with Crippen molar-refractivity contribution in [2.24, 2.45) is 0 Å². The summed E-state index contributed by atoms with van der Waals surface area (Å²) in [6, 6.07) is -0.375. The summed E-state index contributed by atoms with van der Waals surface area (Å²) >= 11 is 2.85. The number of aromatic nitrogens is 2. The molecule has 2 aliphatic rings. The lowest BCUT2D eigenvalue weighted by atomic mass is 10.1. The smallest absolute Gasteiger partial charge is 0.337 e. The maximum absolute atomic E-state index is 13.6.